The van der Waals surface area contributed by atoms with Crippen LogP contribution in [0.1, 0.15) is 35.7 Å². The summed E-state index contributed by atoms with van der Waals surface area (Å²) < 4.78 is 5.01. The van der Waals surface area contributed by atoms with E-state index < -0.39 is 0 Å². The number of anilines is 1. The molecule has 5 heteroatoms. The molecule has 1 N–H and O–H groups in total. The van der Waals surface area contributed by atoms with Crippen molar-refractivity contribution >= 4 is 17.6 Å². The zero-order valence-corrected chi connectivity index (χ0v) is 15.7. The molecule has 0 radical (unpaired) electrons. The Bertz CT molecular complexity index is 768. The van der Waals surface area contributed by atoms with Crippen LogP contribution in [-0.4, -0.2) is 36.5 Å². The van der Waals surface area contributed by atoms with Gasteiger partial charge in [-0.05, 0) is 56.6 Å². The number of hydrogen-bond donors (Lipinski definition) is 1. The van der Waals surface area contributed by atoms with Crippen molar-refractivity contribution in [3.8, 4) is 0 Å². The number of likely N-dealkylation sites (tertiary alicyclic amines) is 1. The summed E-state index contributed by atoms with van der Waals surface area (Å²) in [6, 6.07) is 17.3. The summed E-state index contributed by atoms with van der Waals surface area (Å²) in [6.07, 6.45) is 1.69. The predicted octanol–water partition coefficient (Wildman–Crippen LogP) is 3.71. The largest absolute Gasteiger partial charge is 0.462 e. The predicted molar refractivity (Wildman–Crippen MR) is 105 cm³/mol. The van der Waals surface area contributed by atoms with Crippen LogP contribution in [-0.2, 0) is 16.1 Å². The Morgan fingerprint density at radius 1 is 1.07 bits per heavy atom. The van der Waals surface area contributed by atoms with Gasteiger partial charge >= 0.3 is 5.97 Å². The van der Waals surface area contributed by atoms with Crippen LogP contribution >= 0.6 is 0 Å². The molecule has 3 rings (SSSR count). The van der Waals surface area contributed by atoms with E-state index in [1.165, 1.54) is 5.56 Å². The minimum atomic E-state index is -0.372. The number of nitrogens with one attached hydrogen (secondary N) is 1. The Labute approximate surface area is 160 Å². The molecule has 1 aliphatic rings. The van der Waals surface area contributed by atoms with Crippen molar-refractivity contribution in [2.24, 2.45) is 5.92 Å². The molecule has 1 amide bonds. The summed E-state index contributed by atoms with van der Waals surface area (Å²) >= 11 is 0. The van der Waals surface area contributed by atoms with Gasteiger partial charge in [-0.25, -0.2) is 4.79 Å². The van der Waals surface area contributed by atoms with Gasteiger partial charge in [0.05, 0.1) is 12.2 Å². The molecule has 142 valence electrons. The second-order valence-electron chi connectivity index (χ2n) is 6.83. The first kappa shape index (κ1) is 19.1. The number of esters is 1. The summed E-state index contributed by atoms with van der Waals surface area (Å²) in [4.78, 5) is 26.8. The zero-order valence-electron chi connectivity index (χ0n) is 15.7. The molecule has 2 aromatic carbocycles. The van der Waals surface area contributed by atoms with E-state index >= 15 is 0 Å². The minimum absolute atomic E-state index is 0.00303. The smallest absolute Gasteiger partial charge is 0.338 e. The molecule has 1 fully saturated rings. The third-order valence-electron chi connectivity index (χ3n) is 4.85. The molecule has 0 aromatic heterocycles. The van der Waals surface area contributed by atoms with Gasteiger partial charge in [-0.15, -0.1) is 0 Å². The Morgan fingerprint density at radius 2 is 1.81 bits per heavy atom. The highest BCUT2D eigenvalue weighted by molar-refractivity contribution is 5.95. The Balaban J connectivity index is 1.51. The molecule has 0 atom stereocenters. The van der Waals surface area contributed by atoms with Gasteiger partial charge in [0.15, 0.2) is 0 Å². The molecule has 2 aromatic rings. The first-order chi connectivity index (χ1) is 13.2. The van der Waals surface area contributed by atoms with E-state index in [1.54, 1.807) is 31.2 Å². The minimum Gasteiger partial charge on any atom is -0.462 e. The quantitative estimate of drug-likeness (QED) is 0.792. The molecule has 5 nitrogen and oxygen atoms in total. The van der Waals surface area contributed by atoms with Crippen molar-refractivity contribution in [1.29, 1.82) is 0 Å². The van der Waals surface area contributed by atoms with Gasteiger partial charge in [0.25, 0.3) is 0 Å². The van der Waals surface area contributed by atoms with Crippen LogP contribution in [0.15, 0.2) is 54.6 Å². The van der Waals surface area contributed by atoms with E-state index in [2.05, 4.69) is 34.5 Å². The van der Waals surface area contributed by atoms with Crippen LogP contribution in [0.5, 0.6) is 0 Å². The Hall–Kier alpha value is -2.66. The maximum Gasteiger partial charge on any atom is 0.338 e. The third kappa shape index (κ3) is 5.41. The third-order valence-corrected chi connectivity index (χ3v) is 4.85. The van der Waals surface area contributed by atoms with Crippen LogP contribution in [0.2, 0.25) is 0 Å². The summed E-state index contributed by atoms with van der Waals surface area (Å²) in [5, 5.41) is 2.95. The lowest BCUT2D eigenvalue weighted by molar-refractivity contribution is -0.121. The van der Waals surface area contributed by atoms with Crippen molar-refractivity contribution < 1.29 is 14.3 Å². The van der Waals surface area contributed by atoms with Gasteiger partial charge in [0, 0.05) is 18.2 Å². The molecule has 0 saturated carbocycles. The van der Waals surface area contributed by atoms with Gasteiger partial charge in [-0.3, -0.25) is 9.69 Å². The number of carbonyl (C=O) groups is 2. The summed E-state index contributed by atoms with van der Waals surface area (Å²) in [5.74, 6) is -0.346. The number of piperidine rings is 1. The normalized spacial score (nSPS) is 15.3. The second kappa shape index (κ2) is 9.33. The number of nitrogens with zero attached hydrogens (tertiary/aromatic N) is 1. The maximum atomic E-state index is 12.6. The number of carbonyl (C=O) groups excluding carboxylic acids is 2. The lowest BCUT2D eigenvalue weighted by Gasteiger charge is -2.31. The topological polar surface area (TPSA) is 58.6 Å². The molecule has 27 heavy (non-hydrogen) atoms. The molecule has 1 heterocycles. The standard InChI is InChI=1S/C22H26N2O3/c1-2-27-22(26)19-9-6-10-20(15-19)23-21(25)18-11-13-24(14-12-18)16-17-7-4-3-5-8-17/h3-10,15,18H,2,11-14,16H2,1H3,(H,23,25). The van der Waals surface area contributed by atoms with Crippen molar-refractivity contribution in [3.05, 3.63) is 65.7 Å². The molecule has 0 spiro atoms. The monoisotopic (exact) mass is 366 g/mol. The van der Waals surface area contributed by atoms with Gasteiger partial charge in [0.2, 0.25) is 5.91 Å². The van der Waals surface area contributed by atoms with E-state index in [1.807, 2.05) is 6.07 Å². The fraction of sp³-hybridized carbons (Fsp3) is 0.364. The van der Waals surface area contributed by atoms with Crippen molar-refractivity contribution in [2.75, 3.05) is 25.0 Å². The first-order valence-electron chi connectivity index (χ1n) is 9.50. The second-order valence-corrected chi connectivity index (χ2v) is 6.83. The molecule has 1 saturated heterocycles. The number of ether oxygens (including phenoxy) is 1. The van der Waals surface area contributed by atoms with Crippen LogP contribution in [0, 0.1) is 5.92 Å². The van der Waals surface area contributed by atoms with Gasteiger partial charge in [0.1, 0.15) is 0 Å². The maximum absolute atomic E-state index is 12.6. The van der Waals surface area contributed by atoms with E-state index in [0.29, 0.717) is 17.9 Å². The van der Waals surface area contributed by atoms with Crippen molar-refractivity contribution in [3.63, 3.8) is 0 Å². The lowest BCUT2D eigenvalue weighted by Crippen LogP contribution is -2.37. The number of hydrogen-bond acceptors (Lipinski definition) is 4. The van der Waals surface area contributed by atoms with Crippen LogP contribution in [0.25, 0.3) is 0 Å². The molecule has 0 aliphatic carbocycles. The van der Waals surface area contributed by atoms with E-state index in [0.717, 1.165) is 32.5 Å². The van der Waals surface area contributed by atoms with Crippen molar-refractivity contribution in [1.82, 2.24) is 4.90 Å². The number of rotatable bonds is 6. The van der Waals surface area contributed by atoms with E-state index in [9.17, 15) is 9.59 Å². The van der Waals surface area contributed by atoms with Crippen LogP contribution < -0.4 is 5.32 Å². The Morgan fingerprint density at radius 3 is 2.52 bits per heavy atom. The van der Waals surface area contributed by atoms with E-state index in [4.69, 9.17) is 4.74 Å². The van der Waals surface area contributed by atoms with Gasteiger partial charge in [-0.2, -0.15) is 0 Å². The zero-order chi connectivity index (χ0) is 19.1. The van der Waals surface area contributed by atoms with Gasteiger partial charge < -0.3 is 10.1 Å². The molecular weight excluding hydrogens is 340 g/mol. The average molecular weight is 366 g/mol. The Kier molecular flexibility index (Phi) is 6.60. The van der Waals surface area contributed by atoms with Crippen LogP contribution in [0.4, 0.5) is 5.69 Å². The van der Waals surface area contributed by atoms with Gasteiger partial charge in [-0.1, -0.05) is 36.4 Å². The molecule has 1 aliphatic heterocycles. The van der Waals surface area contributed by atoms with E-state index in [-0.39, 0.29) is 17.8 Å². The summed E-state index contributed by atoms with van der Waals surface area (Å²) in [7, 11) is 0. The molecule has 0 bridgehead atoms. The summed E-state index contributed by atoms with van der Waals surface area (Å²) in [6.45, 7) is 4.85. The highest BCUT2D eigenvalue weighted by Crippen LogP contribution is 2.21. The number of amides is 1. The number of benzene rings is 2. The highest BCUT2D eigenvalue weighted by Gasteiger charge is 2.25. The molecular formula is C22H26N2O3. The molecule has 0 unspecified atom stereocenters. The SMILES string of the molecule is CCOC(=O)c1cccc(NC(=O)C2CCN(Cc3ccccc3)CC2)c1. The highest BCUT2D eigenvalue weighted by atomic mass is 16.5. The van der Waals surface area contributed by atoms with Crippen molar-refractivity contribution in [2.45, 2.75) is 26.3 Å². The fourth-order valence-electron chi connectivity index (χ4n) is 3.38. The fourth-order valence-corrected chi connectivity index (χ4v) is 3.38. The lowest BCUT2D eigenvalue weighted by atomic mass is 9.95. The summed E-state index contributed by atoms with van der Waals surface area (Å²) in [5.41, 5.74) is 2.39. The van der Waals surface area contributed by atoms with Crippen LogP contribution in [0.3, 0.4) is 0 Å². The average Bonchev–Trinajstić information content (AvgIpc) is 2.70. The first-order valence-corrected chi connectivity index (χ1v) is 9.50.